The van der Waals surface area contributed by atoms with Gasteiger partial charge in [-0.05, 0) is 37.1 Å². The Hall–Kier alpha value is -2.95. The highest BCUT2D eigenvalue weighted by molar-refractivity contribution is 6.02. The van der Waals surface area contributed by atoms with Gasteiger partial charge in [-0.1, -0.05) is 29.8 Å². The third kappa shape index (κ3) is 4.02. The number of anilines is 1. The summed E-state index contributed by atoms with van der Waals surface area (Å²) < 4.78 is 0. The van der Waals surface area contributed by atoms with Gasteiger partial charge >= 0.3 is 0 Å². The molecule has 112 valence electrons. The average molecular weight is 296 g/mol. The standard InChI is InChI=1S/C17H16N2O3/c1-12-3-5-14(6-4-12)7-10-17(20)18-16-9-8-15(19(21)22)11-13(16)2/h3-11H,1-2H3,(H,18,20). The molecule has 0 bridgehead atoms. The molecule has 0 atom stereocenters. The van der Waals surface area contributed by atoms with Crippen LogP contribution < -0.4 is 5.32 Å². The van der Waals surface area contributed by atoms with Gasteiger partial charge in [0.25, 0.3) is 5.69 Å². The number of nitrogens with zero attached hydrogens (tertiary/aromatic N) is 1. The largest absolute Gasteiger partial charge is 0.322 e. The predicted molar refractivity (Wildman–Crippen MR) is 86.7 cm³/mol. The zero-order valence-corrected chi connectivity index (χ0v) is 12.4. The van der Waals surface area contributed by atoms with Crippen molar-refractivity contribution >= 4 is 23.4 Å². The molecule has 0 aromatic heterocycles. The number of carbonyl (C=O) groups is 1. The number of hydrogen-bond acceptors (Lipinski definition) is 3. The molecule has 5 heteroatoms. The van der Waals surface area contributed by atoms with Crippen LogP contribution in [0.25, 0.3) is 6.08 Å². The van der Waals surface area contributed by atoms with Crippen LogP contribution in [0.15, 0.2) is 48.5 Å². The molecule has 0 aliphatic carbocycles. The van der Waals surface area contributed by atoms with E-state index in [1.165, 1.54) is 24.3 Å². The van der Waals surface area contributed by atoms with Crippen molar-refractivity contribution in [2.45, 2.75) is 13.8 Å². The van der Waals surface area contributed by atoms with Crippen LogP contribution in [0, 0.1) is 24.0 Å². The minimum atomic E-state index is -0.462. The van der Waals surface area contributed by atoms with E-state index in [4.69, 9.17) is 0 Å². The molecule has 22 heavy (non-hydrogen) atoms. The molecule has 0 heterocycles. The summed E-state index contributed by atoms with van der Waals surface area (Å²) in [5.41, 5.74) is 3.30. The Labute approximate surface area is 128 Å². The van der Waals surface area contributed by atoms with Crippen molar-refractivity contribution in [2.24, 2.45) is 0 Å². The number of aryl methyl sites for hydroxylation is 2. The fourth-order valence-electron chi connectivity index (χ4n) is 1.93. The zero-order valence-electron chi connectivity index (χ0n) is 12.4. The number of amides is 1. The molecule has 0 saturated heterocycles. The van der Waals surface area contributed by atoms with E-state index in [0.29, 0.717) is 11.3 Å². The highest BCUT2D eigenvalue weighted by Crippen LogP contribution is 2.21. The van der Waals surface area contributed by atoms with E-state index in [9.17, 15) is 14.9 Å². The van der Waals surface area contributed by atoms with Crippen LogP contribution in [0.5, 0.6) is 0 Å². The average Bonchev–Trinajstić information content (AvgIpc) is 2.48. The predicted octanol–water partition coefficient (Wildman–Crippen LogP) is 3.86. The van der Waals surface area contributed by atoms with Gasteiger partial charge < -0.3 is 5.32 Å². The van der Waals surface area contributed by atoms with Gasteiger partial charge in [0.2, 0.25) is 5.91 Å². The van der Waals surface area contributed by atoms with Crippen molar-refractivity contribution in [3.8, 4) is 0 Å². The Morgan fingerprint density at radius 2 is 1.82 bits per heavy atom. The first kappa shape index (κ1) is 15.4. The molecular formula is C17H16N2O3. The lowest BCUT2D eigenvalue weighted by Gasteiger charge is -2.05. The van der Waals surface area contributed by atoms with E-state index in [0.717, 1.165) is 11.1 Å². The minimum absolute atomic E-state index is 0.00527. The number of benzene rings is 2. The Balaban J connectivity index is 2.05. The minimum Gasteiger partial charge on any atom is -0.322 e. The maximum Gasteiger partial charge on any atom is 0.269 e. The molecule has 5 nitrogen and oxygen atoms in total. The van der Waals surface area contributed by atoms with Gasteiger partial charge in [-0.3, -0.25) is 14.9 Å². The lowest BCUT2D eigenvalue weighted by Crippen LogP contribution is -2.09. The summed E-state index contributed by atoms with van der Waals surface area (Å²) in [6.07, 6.45) is 3.15. The van der Waals surface area contributed by atoms with Gasteiger partial charge in [-0.15, -0.1) is 0 Å². The Morgan fingerprint density at radius 1 is 1.14 bits per heavy atom. The van der Waals surface area contributed by atoms with E-state index in [1.807, 2.05) is 31.2 Å². The van der Waals surface area contributed by atoms with E-state index in [2.05, 4.69) is 5.32 Å². The van der Waals surface area contributed by atoms with Gasteiger partial charge in [0.05, 0.1) is 4.92 Å². The fraction of sp³-hybridized carbons (Fsp3) is 0.118. The van der Waals surface area contributed by atoms with Crippen molar-refractivity contribution in [1.29, 1.82) is 0 Å². The van der Waals surface area contributed by atoms with Gasteiger partial charge in [0, 0.05) is 23.9 Å². The van der Waals surface area contributed by atoms with Gasteiger partial charge in [0.1, 0.15) is 0 Å². The summed E-state index contributed by atoms with van der Waals surface area (Å²) >= 11 is 0. The Bertz CT molecular complexity index is 734. The first-order valence-electron chi connectivity index (χ1n) is 6.76. The van der Waals surface area contributed by atoms with E-state index < -0.39 is 4.92 Å². The van der Waals surface area contributed by atoms with Crippen molar-refractivity contribution in [3.05, 3.63) is 75.3 Å². The molecule has 2 rings (SSSR count). The number of nitro groups is 1. The van der Waals surface area contributed by atoms with Gasteiger partial charge in [-0.2, -0.15) is 0 Å². The zero-order chi connectivity index (χ0) is 16.1. The van der Waals surface area contributed by atoms with Crippen LogP contribution in [0.3, 0.4) is 0 Å². The highest BCUT2D eigenvalue weighted by atomic mass is 16.6. The summed E-state index contributed by atoms with van der Waals surface area (Å²) in [5, 5.41) is 13.4. The summed E-state index contributed by atoms with van der Waals surface area (Å²) in [5.74, 6) is -0.280. The number of nitro benzene ring substituents is 1. The summed E-state index contributed by atoms with van der Waals surface area (Å²) in [4.78, 5) is 22.1. The van der Waals surface area contributed by atoms with Gasteiger partial charge in [0.15, 0.2) is 0 Å². The van der Waals surface area contributed by atoms with Crippen molar-refractivity contribution in [2.75, 3.05) is 5.32 Å². The van der Waals surface area contributed by atoms with Crippen LogP contribution in [-0.2, 0) is 4.79 Å². The van der Waals surface area contributed by atoms with E-state index in [1.54, 1.807) is 13.0 Å². The summed E-state index contributed by atoms with van der Waals surface area (Å²) in [6.45, 7) is 3.71. The van der Waals surface area contributed by atoms with Crippen molar-refractivity contribution in [3.63, 3.8) is 0 Å². The normalized spacial score (nSPS) is 10.6. The first-order chi connectivity index (χ1) is 10.5. The van der Waals surface area contributed by atoms with Crippen LogP contribution >= 0.6 is 0 Å². The number of carbonyl (C=O) groups excluding carboxylic acids is 1. The lowest BCUT2D eigenvalue weighted by atomic mass is 10.1. The molecule has 2 aromatic carbocycles. The smallest absolute Gasteiger partial charge is 0.269 e. The number of nitrogens with one attached hydrogen (secondary N) is 1. The van der Waals surface area contributed by atoms with Gasteiger partial charge in [-0.25, -0.2) is 0 Å². The number of non-ortho nitro benzene ring substituents is 1. The maximum atomic E-state index is 11.9. The Morgan fingerprint density at radius 3 is 2.41 bits per heavy atom. The van der Waals surface area contributed by atoms with Crippen molar-refractivity contribution < 1.29 is 9.72 Å². The fourth-order valence-corrected chi connectivity index (χ4v) is 1.93. The van der Waals surface area contributed by atoms with Crippen LogP contribution in [-0.4, -0.2) is 10.8 Å². The highest BCUT2D eigenvalue weighted by Gasteiger charge is 2.08. The first-order valence-corrected chi connectivity index (χ1v) is 6.76. The third-order valence-corrected chi connectivity index (χ3v) is 3.18. The second-order valence-electron chi connectivity index (χ2n) is 4.99. The monoisotopic (exact) mass is 296 g/mol. The Kier molecular flexibility index (Phi) is 4.68. The van der Waals surface area contributed by atoms with E-state index >= 15 is 0 Å². The number of rotatable bonds is 4. The molecule has 0 fully saturated rings. The lowest BCUT2D eigenvalue weighted by molar-refractivity contribution is -0.384. The van der Waals surface area contributed by atoms with Crippen LogP contribution in [0.4, 0.5) is 11.4 Å². The second-order valence-corrected chi connectivity index (χ2v) is 4.99. The molecule has 0 aliphatic rings. The molecule has 0 saturated carbocycles. The third-order valence-electron chi connectivity index (χ3n) is 3.18. The molecule has 1 amide bonds. The molecule has 0 spiro atoms. The molecule has 2 aromatic rings. The SMILES string of the molecule is Cc1ccc(C=CC(=O)Nc2ccc([N+](=O)[O-])cc2C)cc1. The second kappa shape index (κ2) is 6.67. The van der Waals surface area contributed by atoms with E-state index in [-0.39, 0.29) is 11.6 Å². The number of hydrogen-bond donors (Lipinski definition) is 1. The molecule has 1 N–H and O–H groups in total. The molecular weight excluding hydrogens is 280 g/mol. The molecule has 0 radical (unpaired) electrons. The van der Waals surface area contributed by atoms with Crippen LogP contribution in [0.1, 0.15) is 16.7 Å². The topological polar surface area (TPSA) is 72.2 Å². The quantitative estimate of drug-likeness (QED) is 0.529. The maximum absolute atomic E-state index is 11.9. The van der Waals surface area contributed by atoms with Crippen molar-refractivity contribution in [1.82, 2.24) is 0 Å². The molecule has 0 aliphatic heterocycles. The summed E-state index contributed by atoms with van der Waals surface area (Å²) in [7, 11) is 0. The molecule has 0 unspecified atom stereocenters. The van der Waals surface area contributed by atoms with Crippen LogP contribution in [0.2, 0.25) is 0 Å². The summed E-state index contributed by atoms with van der Waals surface area (Å²) in [6, 6.07) is 12.1.